The molecule has 0 aliphatic heterocycles. The number of hydrogen-bond acceptors (Lipinski definition) is 4. The van der Waals surface area contributed by atoms with Crippen molar-refractivity contribution in [2.24, 2.45) is 0 Å². The highest BCUT2D eigenvalue weighted by atomic mass is 19.4. The number of nitrogens with two attached hydrogens (primary N) is 1. The monoisotopic (exact) mass is 296 g/mol. The molecule has 0 aliphatic rings. The summed E-state index contributed by atoms with van der Waals surface area (Å²) in [5, 5.41) is 3.02. The Morgan fingerprint density at radius 2 is 1.81 bits per heavy atom. The molecule has 0 spiro atoms. The second kappa shape index (κ2) is 5.99. The van der Waals surface area contributed by atoms with Crippen LogP contribution in [0.4, 0.5) is 24.8 Å². The third-order valence-electron chi connectivity index (χ3n) is 2.86. The van der Waals surface area contributed by atoms with Crippen molar-refractivity contribution in [1.29, 1.82) is 0 Å². The zero-order valence-corrected chi connectivity index (χ0v) is 11.4. The highest BCUT2D eigenvalue weighted by molar-refractivity contribution is 5.45. The summed E-state index contributed by atoms with van der Waals surface area (Å²) < 4.78 is 37.4. The van der Waals surface area contributed by atoms with Crippen LogP contribution in [0.1, 0.15) is 23.9 Å². The summed E-state index contributed by atoms with van der Waals surface area (Å²) in [6.07, 6.45) is -3.66. The SMILES string of the molecule is CCc1nc(N)cc(NCc2ccc(C(F)(F)F)cc2)n1. The number of hydrogen-bond donors (Lipinski definition) is 2. The van der Waals surface area contributed by atoms with Gasteiger partial charge in [0.15, 0.2) is 0 Å². The number of nitrogens with zero attached hydrogens (tertiary/aromatic N) is 2. The number of rotatable bonds is 4. The first-order chi connectivity index (χ1) is 9.88. The Bertz CT molecular complexity index is 609. The molecular weight excluding hydrogens is 281 g/mol. The van der Waals surface area contributed by atoms with Crippen LogP contribution in [-0.4, -0.2) is 9.97 Å². The normalized spacial score (nSPS) is 11.4. The van der Waals surface area contributed by atoms with Gasteiger partial charge in [-0.05, 0) is 17.7 Å². The van der Waals surface area contributed by atoms with E-state index in [0.717, 1.165) is 17.7 Å². The first-order valence-corrected chi connectivity index (χ1v) is 6.42. The standard InChI is InChI=1S/C14H15F3N4/c1-2-12-20-11(18)7-13(21-12)19-8-9-3-5-10(6-4-9)14(15,16)17/h3-7H,2,8H2,1H3,(H3,18,19,20,21). The van der Waals surface area contributed by atoms with Gasteiger partial charge < -0.3 is 11.1 Å². The molecule has 21 heavy (non-hydrogen) atoms. The predicted octanol–water partition coefficient (Wildman–Crippen LogP) is 3.25. The maximum Gasteiger partial charge on any atom is 0.416 e. The molecular formula is C14H15F3N4. The topological polar surface area (TPSA) is 63.8 Å². The van der Waals surface area contributed by atoms with Crippen molar-refractivity contribution in [3.63, 3.8) is 0 Å². The van der Waals surface area contributed by atoms with Gasteiger partial charge in [0.2, 0.25) is 0 Å². The molecule has 7 heteroatoms. The Kier molecular flexibility index (Phi) is 4.30. The molecule has 1 aromatic carbocycles. The van der Waals surface area contributed by atoms with Crippen molar-refractivity contribution >= 4 is 11.6 Å². The van der Waals surface area contributed by atoms with E-state index in [1.807, 2.05) is 6.92 Å². The third-order valence-corrected chi connectivity index (χ3v) is 2.86. The van der Waals surface area contributed by atoms with E-state index in [-0.39, 0.29) is 0 Å². The van der Waals surface area contributed by atoms with Gasteiger partial charge in [-0.15, -0.1) is 0 Å². The van der Waals surface area contributed by atoms with Gasteiger partial charge in [0.25, 0.3) is 0 Å². The largest absolute Gasteiger partial charge is 0.416 e. The van der Waals surface area contributed by atoms with Crippen molar-refractivity contribution in [2.75, 3.05) is 11.1 Å². The molecule has 1 heterocycles. The Balaban J connectivity index is 2.05. The van der Waals surface area contributed by atoms with Crippen LogP contribution < -0.4 is 11.1 Å². The summed E-state index contributed by atoms with van der Waals surface area (Å²) >= 11 is 0. The van der Waals surface area contributed by atoms with E-state index in [4.69, 9.17) is 5.73 Å². The van der Waals surface area contributed by atoms with Crippen LogP contribution in [0.25, 0.3) is 0 Å². The van der Waals surface area contributed by atoms with Gasteiger partial charge in [-0.3, -0.25) is 0 Å². The summed E-state index contributed by atoms with van der Waals surface area (Å²) in [6.45, 7) is 2.27. The van der Waals surface area contributed by atoms with Crippen molar-refractivity contribution in [1.82, 2.24) is 9.97 Å². The zero-order chi connectivity index (χ0) is 15.5. The minimum atomic E-state index is -4.32. The number of nitrogen functional groups attached to an aromatic ring is 1. The summed E-state index contributed by atoms with van der Waals surface area (Å²) in [4.78, 5) is 8.29. The molecule has 0 amide bonds. The van der Waals surface area contributed by atoms with Crippen molar-refractivity contribution in [3.05, 3.63) is 47.3 Å². The van der Waals surface area contributed by atoms with Gasteiger partial charge in [-0.25, -0.2) is 9.97 Å². The molecule has 4 nitrogen and oxygen atoms in total. The van der Waals surface area contributed by atoms with Crippen LogP contribution in [0.5, 0.6) is 0 Å². The molecule has 0 unspecified atom stereocenters. The summed E-state index contributed by atoms with van der Waals surface area (Å²) in [7, 11) is 0. The number of aromatic nitrogens is 2. The van der Waals surface area contributed by atoms with Gasteiger partial charge in [0, 0.05) is 19.0 Å². The molecule has 0 saturated carbocycles. The molecule has 3 N–H and O–H groups in total. The van der Waals surface area contributed by atoms with Crippen LogP contribution in [0.3, 0.4) is 0 Å². The smallest absolute Gasteiger partial charge is 0.384 e. The number of nitrogens with one attached hydrogen (secondary N) is 1. The predicted molar refractivity (Wildman–Crippen MR) is 74.6 cm³/mol. The molecule has 2 rings (SSSR count). The van der Waals surface area contributed by atoms with E-state index < -0.39 is 11.7 Å². The lowest BCUT2D eigenvalue weighted by Gasteiger charge is -2.10. The molecule has 0 saturated heterocycles. The lowest BCUT2D eigenvalue weighted by Crippen LogP contribution is -2.07. The maximum absolute atomic E-state index is 12.5. The van der Waals surface area contributed by atoms with E-state index >= 15 is 0 Å². The van der Waals surface area contributed by atoms with Crippen LogP contribution in [-0.2, 0) is 19.1 Å². The quantitative estimate of drug-likeness (QED) is 0.909. The lowest BCUT2D eigenvalue weighted by molar-refractivity contribution is -0.137. The Labute approximate surface area is 120 Å². The van der Waals surface area contributed by atoms with Gasteiger partial charge in [-0.2, -0.15) is 13.2 Å². The minimum Gasteiger partial charge on any atom is -0.384 e. The third kappa shape index (κ3) is 4.08. The highest BCUT2D eigenvalue weighted by Crippen LogP contribution is 2.29. The summed E-state index contributed by atoms with van der Waals surface area (Å²) in [5.41, 5.74) is 5.71. The fraction of sp³-hybridized carbons (Fsp3) is 0.286. The number of alkyl halides is 3. The van der Waals surface area contributed by atoms with E-state index in [0.29, 0.717) is 30.4 Å². The molecule has 1 aromatic heterocycles. The van der Waals surface area contributed by atoms with Crippen LogP contribution in [0.15, 0.2) is 30.3 Å². The molecule has 112 valence electrons. The van der Waals surface area contributed by atoms with E-state index in [1.54, 1.807) is 6.07 Å². The average molecular weight is 296 g/mol. The Morgan fingerprint density at radius 3 is 2.38 bits per heavy atom. The van der Waals surface area contributed by atoms with Crippen LogP contribution in [0, 0.1) is 0 Å². The van der Waals surface area contributed by atoms with E-state index in [2.05, 4.69) is 15.3 Å². The summed E-state index contributed by atoms with van der Waals surface area (Å²) in [5.74, 6) is 1.53. The van der Waals surface area contributed by atoms with Crippen LogP contribution >= 0.6 is 0 Å². The van der Waals surface area contributed by atoms with Crippen molar-refractivity contribution in [2.45, 2.75) is 26.1 Å². The molecule has 0 bridgehead atoms. The van der Waals surface area contributed by atoms with Gasteiger partial charge >= 0.3 is 6.18 Å². The Morgan fingerprint density at radius 1 is 1.14 bits per heavy atom. The second-order valence-electron chi connectivity index (χ2n) is 4.50. The average Bonchev–Trinajstić information content (AvgIpc) is 2.44. The first kappa shape index (κ1) is 15.1. The first-order valence-electron chi connectivity index (χ1n) is 6.42. The fourth-order valence-electron chi connectivity index (χ4n) is 1.77. The van der Waals surface area contributed by atoms with Gasteiger partial charge in [0.05, 0.1) is 5.56 Å². The fourth-order valence-corrected chi connectivity index (χ4v) is 1.77. The van der Waals surface area contributed by atoms with E-state index in [9.17, 15) is 13.2 Å². The molecule has 2 aromatic rings. The number of benzene rings is 1. The number of anilines is 2. The molecule has 0 fully saturated rings. The Hall–Kier alpha value is -2.31. The van der Waals surface area contributed by atoms with Gasteiger partial charge in [-0.1, -0.05) is 19.1 Å². The van der Waals surface area contributed by atoms with E-state index in [1.165, 1.54) is 12.1 Å². The highest BCUT2D eigenvalue weighted by Gasteiger charge is 2.29. The molecule has 0 atom stereocenters. The number of aryl methyl sites for hydroxylation is 1. The minimum absolute atomic E-state index is 0.358. The second-order valence-corrected chi connectivity index (χ2v) is 4.50. The van der Waals surface area contributed by atoms with Gasteiger partial charge in [0.1, 0.15) is 17.5 Å². The van der Waals surface area contributed by atoms with Crippen molar-refractivity contribution in [3.8, 4) is 0 Å². The zero-order valence-electron chi connectivity index (χ0n) is 11.4. The van der Waals surface area contributed by atoms with Crippen LogP contribution in [0.2, 0.25) is 0 Å². The number of halogens is 3. The molecule has 0 aliphatic carbocycles. The van der Waals surface area contributed by atoms with Crippen molar-refractivity contribution < 1.29 is 13.2 Å². The lowest BCUT2D eigenvalue weighted by atomic mass is 10.1. The summed E-state index contributed by atoms with van der Waals surface area (Å²) in [6, 6.07) is 6.57. The molecule has 0 radical (unpaired) electrons. The maximum atomic E-state index is 12.5.